The summed E-state index contributed by atoms with van der Waals surface area (Å²) < 4.78 is 15.6. The molecule has 0 fully saturated rings. The lowest BCUT2D eigenvalue weighted by molar-refractivity contribution is -0.384. The van der Waals surface area contributed by atoms with Gasteiger partial charge in [-0.1, -0.05) is 5.10 Å². The van der Waals surface area contributed by atoms with Crippen molar-refractivity contribution >= 4 is 29.4 Å². The standard InChI is InChI=1S/C15H12N4O6/c20-13(6-3-10-1-4-11(5-2-10)19(21)22)16-15-18-17-14(25-15)12-9-23-7-8-24-12/h1-6,9H,7-8H2,(H,16,18,20). The summed E-state index contributed by atoms with van der Waals surface area (Å²) in [7, 11) is 0. The van der Waals surface area contributed by atoms with E-state index in [4.69, 9.17) is 13.9 Å². The van der Waals surface area contributed by atoms with Crippen molar-refractivity contribution < 1.29 is 23.6 Å². The first-order chi connectivity index (χ1) is 12.1. The molecule has 0 bridgehead atoms. The first-order valence-corrected chi connectivity index (χ1v) is 7.14. The molecule has 0 saturated heterocycles. The van der Waals surface area contributed by atoms with Crippen molar-refractivity contribution in [2.75, 3.05) is 18.5 Å². The van der Waals surface area contributed by atoms with Gasteiger partial charge in [0.1, 0.15) is 19.5 Å². The molecule has 1 aromatic carbocycles. The van der Waals surface area contributed by atoms with E-state index in [1.54, 1.807) is 0 Å². The molecule has 1 aliphatic rings. The molecule has 0 atom stereocenters. The van der Waals surface area contributed by atoms with Gasteiger partial charge in [0, 0.05) is 18.2 Å². The highest BCUT2D eigenvalue weighted by Crippen LogP contribution is 2.19. The van der Waals surface area contributed by atoms with E-state index in [0.717, 1.165) is 0 Å². The quantitative estimate of drug-likeness (QED) is 0.495. The topological polar surface area (TPSA) is 130 Å². The molecule has 0 unspecified atom stereocenters. The Morgan fingerprint density at radius 1 is 1.24 bits per heavy atom. The van der Waals surface area contributed by atoms with E-state index in [1.807, 2.05) is 0 Å². The molecule has 10 heteroatoms. The van der Waals surface area contributed by atoms with Crippen LogP contribution in [0.25, 0.3) is 11.8 Å². The van der Waals surface area contributed by atoms with Crippen LogP contribution in [-0.4, -0.2) is 34.2 Å². The highest BCUT2D eigenvalue weighted by Gasteiger charge is 2.16. The van der Waals surface area contributed by atoms with E-state index in [-0.39, 0.29) is 17.6 Å². The van der Waals surface area contributed by atoms with Crippen molar-refractivity contribution in [2.45, 2.75) is 0 Å². The molecule has 128 valence electrons. The van der Waals surface area contributed by atoms with Crippen LogP contribution < -0.4 is 5.32 Å². The number of amides is 1. The van der Waals surface area contributed by atoms with Crippen LogP contribution in [0.2, 0.25) is 0 Å². The zero-order chi connectivity index (χ0) is 17.6. The van der Waals surface area contributed by atoms with Crippen molar-refractivity contribution in [1.29, 1.82) is 0 Å². The monoisotopic (exact) mass is 344 g/mol. The van der Waals surface area contributed by atoms with Crippen LogP contribution in [0.3, 0.4) is 0 Å². The molecule has 2 aromatic rings. The molecule has 0 spiro atoms. The van der Waals surface area contributed by atoms with Gasteiger partial charge in [-0.25, -0.2) is 0 Å². The van der Waals surface area contributed by atoms with Crippen molar-refractivity contribution in [2.24, 2.45) is 0 Å². The number of carbonyl (C=O) groups is 1. The van der Waals surface area contributed by atoms with Gasteiger partial charge < -0.3 is 13.9 Å². The van der Waals surface area contributed by atoms with Gasteiger partial charge in [0.25, 0.3) is 17.5 Å². The zero-order valence-corrected chi connectivity index (χ0v) is 12.7. The van der Waals surface area contributed by atoms with Gasteiger partial charge in [-0.3, -0.25) is 20.2 Å². The first kappa shape index (κ1) is 16.2. The molecule has 3 rings (SSSR count). The normalized spacial score (nSPS) is 13.7. The smallest absolute Gasteiger partial charge is 0.322 e. The van der Waals surface area contributed by atoms with E-state index in [9.17, 15) is 14.9 Å². The number of carbonyl (C=O) groups excluding carboxylic acids is 1. The first-order valence-electron chi connectivity index (χ1n) is 7.14. The summed E-state index contributed by atoms with van der Waals surface area (Å²) in [5.41, 5.74) is 0.605. The number of aromatic nitrogens is 2. The molecular formula is C15H12N4O6. The Hall–Kier alpha value is -3.69. The molecule has 2 heterocycles. The molecule has 1 N–H and O–H groups in total. The van der Waals surface area contributed by atoms with Gasteiger partial charge >= 0.3 is 6.01 Å². The molecule has 1 amide bonds. The maximum absolute atomic E-state index is 11.8. The number of anilines is 1. The lowest BCUT2D eigenvalue weighted by atomic mass is 10.2. The van der Waals surface area contributed by atoms with E-state index < -0.39 is 10.8 Å². The molecule has 1 aliphatic heterocycles. The summed E-state index contributed by atoms with van der Waals surface area (Å²) in [6.45, 7) is 0.808. The van der Waals surface area contributed by atoms with E-state index >= 15 is 0 Å². The fraction of sp³-hybridized carbons (Fsp3) is 0.133. The highest BCUT2D eigenvalue weighted by atomic mass is 16.6. The summed E-state index contributed by atoms with van der Waals surface area (Å²) >= 11 is 0. The third-order valence-electron chi connectivity index (χ3n) is 3.05. The van der Waals surface area contributed by atoms with Gasteiger partial charge in [0.2, 0.25) is 5.76 Å². The van der Waals surface area contributed by atoms with Crippen molar-refractivity contribution in [3.05, 3.63) is 58.2 Å². The number of rotatable bonds is 5. The third-order valence-corrected chi connectivity index (χ3v) is 3.05. The maximum atomic E-state index is 11.8. The molecule has 25 heavy (non-hydrogen) atoms. The lowest BCUT2D eigenvalue weighted by Gasteiger charge is -2.11. The van der Waals surface area contributed by atoms with Crippen LogP contribution in [0.1, 0.15) is 11.5 Å². The summed E-state index contributed by atoms with van der Waals surface area (Å²) in [5.74, 6) is -0.113. The predicted molar refractivity (Wildman–Crippen MR) is 84.9 cm³/mol. The largest absolute Gasteiger partial charge is 0.494 e. The number of hydrogen-bond acceptors (Lipinski definition) is 8. The maximum Gasteiger partial charge on any atom is 0.322 e. The van der Waals surface area contributed by atoms with Gasteiger partial charge in [0.05, 0.1) is 4.92 Å². The summed E-state index contributed by atoms with van der Waals surface area (Å²) in [6, 6.07) is 5.66. The Morgan fingerprint density at radius 2 is 2.04 bits per heavy atom. The Labute approximate surface area is 140 Å². The van der Waals surface area contributed by atoms with Gasteiger partial charge in [-0.15, -0.1) is 5.10 Å². The average Bonchev–Trinajstić information content (AvgIpc) is 3.09. The van der Waals surface area contributed by atoms with Crippen LogP contribution in [0.15, 0.2) is 41.0 Å². The van der Waals surface area contributed by atoms with Crippen LogP contribution in [0, 0.1) is 10.1 Å². The number of nitro benzene ring substituents is 1. The SMILES string of the molecule is O=C(C=Cc1ccc([N+](=O)[O-])cc1)Nc1nnc(C2=COCCO2)o1. The number of nitro groups is 1. The summed E-state index contributed by atoms with van der Waals surface area (Å²) in [6.07, 6.45) is 4.10. The number of nitrogens with zero attached hydrogens (tertiary/aromatic N) is 3. The summed E-state index contributed by atoms with van der Waals surface area (Å²) in [4.78, 5) is 21.9. The van der Waals surface area contributed by atoms with Crippen LogP contribution >= 0.6 is 0 Å². The lowest BCUT2D eigenvalue weighted by Crippen LogP contribution is -2.08. The Kier molecular flexibility index (Phi) is 4.69. The predicted octanol–water partition coefficient (Wildman–Crippen LogP) is 1.97. The molecule has 0 saturated carbocycles. The fourth-order valence-corrected chi connectivity index (χ4v) is 1.88. The Bertz CT molecular complexity index is 840. The van der Waals surface area contributed by atoms with Crippen LogP contribution in [0.5, 0.6) is 0 Å². The van der Waals surface area contributed by atoms with Gasteiger partial charge in [-0.2, -0.15) is 0 Å². The van der Waals surface area contributed by atoms with E-state index in [0.29, 0.717) is 24.5 Å². The Morgan fingerprint density at radius 3 is 2.72 bits per heavy atom. The van der Waals surface area contributed by atoms with Crippen molar-refractivity contribution in [3.63, 3.8) is 0 Å². The van der Waals surface area contributed by atoms with Gasteiger partial charge in [-0.05, 0) is 23.8 Å². The third kappa shape index (κ3) is 4.19. The number of non-ortho nitro benzene ring substituents is 1. The number of hydrogen-bond donors (Lipinski definition) is 1. The summed E-state index contributed by atoms with van der Waals surface area (Å²) in [5, 5.41) is 20.4. The molecule has 0 aliphatic carbocycles. The van der Waals surface area contributed by atoms with Crippen molar-refractivity contribution in [3.8, 4) is 0 Å². The molecule has 0 radical (unpaired) electrons. The second-order valence-electron chi connectivity index (χ2n) is 4.78. The second kappa shape index (κ2) is 7.25. The number of nitrogens with one attached hydrogen (secondary N) is 1. The van der Waals surface area contributed by atoms with Crippen LogP contribution in [-0.2, 0) is 14.3 Å². The number of benzene rings is 1. The second-order valence-corrected chi connectivity index (χ2v) is 4.78. The molecular weight excluding hydrogens is 332 g/mol. The van der Waals surface area contributed by atoms with Crippen LogP contribution in [0.4, 0.5) is 11.7 Å². The zero-order valence-electron chi connectivity index (χ0n) is 12.7. The minimum Gasteiger partial charge on any atom is -0.494 e. The van der Waals surface area contributed by atoms with Crippen molar-refractivity contribution in [1.82, 2.24) is 10.2 Å². The van der Waals surface area contributed by atoms with Gasteiger partial charge in [0.15, 0.2) is 0 Å². The minimum absolute atomic E-state index is 0.0248. The fourth-order valence-electron chi connectivity index (χ4n) is 1.88. The highest BCUT2D eigenvalue weighted by molar-refractivity contribution is 6.00. The number of ether oxygens (including phenoxy) is 2. The van der Waals surface area contributed by atoms with E-state index in [2.05, 4.69) is 15.5 Å². The molecule has 10 nitrogen and oxygen atoms in total. The molecule has 1 aromatic heterocycles. The minimum atomic E-state index is -0.497. The van der Waals surface area contributed by atoms with E-state index in [1.165, 1.54) is 42.7 Å². The average molecular weight is 344 g/mol. The Balaban J connectivity index is 1.59.